The highest BCUT2D eigenvalue weighted by Crippen LogP contribution is 2.43. The average Bonchev–Trinajstić information content (AvgIpc) is 3.22. The van der Waals surface area contributed by atoms with Crippen molar-refractivity contribution in [1.82, 2.24) is 0 Å². The maximum Gasteiger partial charge on any atom is 0.472 e. The van der Waals surface area contributed by atoms with Crippen molar-refractivity contribution < 1.29 is 47.8 Å². The number of aliphatic hydroxyl groups excluding tert-OH is 2. The van der Waals surface area contributed by atoms with Gasteiger partial charge in [-0.25, -0.2) is 4.57 Å². The highest BCUT2D eigenvalue weighted by molar-refractivity contribution is 7.47. The van der Waals surface area contributed by atoms with Gasteiger partial charge in [0.15, 0.2) is 6.10 Å². The van der Waals surface area contributed by atoms with Crippen LogP contribution in [0.15, 0.2) is 97.2 Å². The van der Waals surface area contributed by atoms with Gasteiger partial charge in [-0.1, -0.05) is 150 Å². The molecule has 0 aromatic heterocycles. The molecular weight excluding hydrogens is 767 g/mol. The van der Waals surface area contributed by atoms with Crippen LogP contribution in [0.25, 0.3) is 0 Å². The number of rotatable bonds is 40. The van der Waals surface area contributed by atoms with Crippen molar-refractivity contribution in [3.8, 4) is 0 Å². The molecule has 3 N–H and O–H groups in total. The number of allylic oxidation sites excluding steroid dienone is 16. The Bertz CT molecular complexity index is 1300. The van der Waals surface area contributed by atoms with Crippen molar-refractivity contribution in [1.29, 1.82) is 0 Å². The molecule has 0 aromatic rings. The molecule has 0 aliphatic rings. The molecule has 11 heteroatoms. The topological polar surface area (TPSA) is 149 Å². The summed E-state index contributed by atoms with van der Waals surface area (Å²) in [5, 5.41) is 18.3. The molecule has 0 aliphatic heterocycles. The molecule has 0 fully saturated rings. The van der Waals surface area contributed by atoms with E-state index in [1.807, 2.05) is 0 Å². The van der Waals surface area contributed by atoms with Crippen LogP contribution in [0.4, 0.5) is 0 Å². The minimum absolute atomic E-state index is 0.159. The monoisotopic (exact) mass is 847 g/mol. The summed E-state index contributed by atoms with van der Waals surface area (Å²) >= 11 is 0. The van der Waals surface area contributed by atoms with Crippen molar-refractivity contribution in [2.75, 3.05) is 26.4 Å². The van der Waals surface area contributed by atoms with E-state index >= 15 is 0 Å². The number of carbonyl (C=O) groups excluding carboxylic acids is 2. The van der Waals surface area contributed by atoms with Crippen LogP contribution in [-0.2, 0) is 32.7 Å². The second-order valence-electron chi connectivity index (χ2n) is 14.3. The van der Waals surface area contributed by atoms with Crippen molar-refractivity contribution in [3.05, 3.63) is 97.2 Å². The van der Waals surface area contributed by atoms with Gasteiger partial charge in [-0.3, -0.25) is 18.6 Å². The Labute approximate surface area is 357 Å². The number of aliphatic hydroxyl groups is 2. The van der Waals surface area contributed by atoms with Crippen molar-refractivity contribution in [3.63, 3.8) is 0 Å². The summed E-state index contributed by atoms with van der Waals surface area (Å²) in [7, 11) is -4.64. The molecule has 0 aliphatic carbocycles. The molecule has 0 heterocycles. The fourth-order valence-electron chi connectivity index (χ4n) is 5.39. The third-order valence-electron chi connectivity index (χ3n) is 8.73. The Kier molecular flexibility index (Phi) is 40.7. The summed E-state index contributed by atoms with van der Waals surface area (Å²) in [6.07, 6.45) is 52.3. The van der Waals surface area contributed by atoms with Crippen LogP contribution in [0.1, 0.15) is 155 Å². The number of phosphoric ester groups is 1. The quantitative estimate of drug-likeness (QED) is 0.0235. The molecule has 0 saturated heterocycles. The second kappa shape index (κ2) is 43.0. The molecule has 0 saturated carbocycles. The first-order valence-electron chi connectivity index (χ1n) is 22.2. The number of hydrogen-bond acceptors (Lipinski definition) is 9. The van der Waals surface area contributed by atoms with Crippen LogP contribution in [0.5, 0.6) is 0 Å². The van der Waals surface area contributed by atoms with Gasteiger partial charge < -0.3 is 24.6 Å². The van der Waals surface area contributed by atoms with E-state index in [4.69, 9.17) is 19.1 Å². The van der Waals surface area contributed by atoms with Gasteiger partial charge >= 0.3 is 19.8 Å². The Hall–Kier alpha value is -3.11. The summed E-state index contributed by atoms with van der Waals surface area (Å²) < 4.78 is 32.7. The number of esters is 2. The van der Waals surface area contributed by atoms with Crippen LogP contribution in [0.3, 0.4) is 0 Å². The Morgan fingerprint density at radius 3 is 1.36 bits per heavy atom. The van der Waals surface area contributed by atoms with Gasteiger partial charge in [0, 0.05) is 12.8 Å². The zero-order valence-electron chi connectivity index (χ0n) is 36.4. The van der Waals surface area contributed by atoms with Crippen molar-refractivity contribution in [2.45, 2.75) is 167 Å². The predicted molar refractivity (Wildman–Crippen MR) is 242 cm³/mol. The number of hydrogen-bond donors (Lipinski definition) is 3. The normalized spacial score (nSPS) is 14.7. The van der Waals surface area contributed by atoms with Crippen LogP contribution in [0, 0.1) is 0 Å². The van der Waals surface area contributed by atoms with Gasteiger partial charge in [-0.05, 0) is 89.9 Å². The molecule has 59 heavy (non-hydrogen) atoms. The summed E-state index contributed by atoms with van der Waals surface area (Å²) in [6, 6.07) is 0. The maximum atomic E-state index is 12.6. The van der Waals surface area contributed by atoms with Gasteiger partial charge in [0.2, 0.25) is 0 Å². The van der Waals surface area contributed by atoms with Gasteiger partial charge in [-0.2, -0.15) is 0 Å². The van der Waals surface area contributed by atoms with Crippen LogP contribution in [0.2, 0.25) is 0 Å². The zero-order chi connectivity index (χ0) is 43.3. The molecule has 0 bridgehead atoms. The first-order valence-corrected chi connectivity index (χ1v) is 23.7. The lowest BCUT2D eigenvalue weighted by molar-refractivity contribution is -0.161. The van der Waals surface area contributed by atoms with Gasteiger partial charge in [0.25, 0.3) is 0 Å². The van der Waals surface area contributed by atoms with Gasteiger partial charge in [0.05, 0.1) is 19.8 Å². The molecule has 0 radical (unpaired) electrons. The fraction of sp³-hybridized carbons (Fsp3) is 0.625. The number of carbonyl (C=O) groups is 2. The van der Waals surface area contributed by atoms with Crippen molar-refractivity contribution in [2.24, 2.45) is 0 Å². The lowest BCUT2D eigenvalue weighted by Gasteiger charge is -2.20. The molecule has 0 rings (SSSR count). The summed E-state index contributed by atoms with van der Waals surface area (Å²) in [4.78, 5) is 35.0. The lowest BCUT2D eigenvalue weighted by Crippen LogP contribution is -2.29. The molecule has 336 valence electrons. The molecular formula is C48H79O10P. The first-order chi connectivity index (χ1) is 28.7. The minimum atomic E-state index is -4.64. The average molecular weight is 847 g/mol. The van der Waals surface area contributed by atoms with Crippen LogP contribution in [-0.4, -0.2) is 65.7 Å². The first kappa shape index (κ1) is 55.9. The summed E-state index contributed by atoms with van der Waals surface area (Å²) in [5.41, 5.74) is 0. The standard InChI is InChI=1S/C48H79O10P/c1-3-5-7-9-11-13-15-17-19-20-21-22-23-24-26-28-30-32-34-36-38-40-48(52)58-46(44-57-59(53,54)56-42-45(50)41-49)43-55-47(51)39-37-35-33-31-29-27-25-18-16-14-12-10-8-6-4-2/h5-8,11-14,17-19,21-22,25,29,31,45-46,49-50H,3-4,9-10,15-16,20,23-24,26-28,30,32-44H2,1-2H3,(H,53,54)/b7-5-,8-6-,13-11-,14-12-,19-17-,22-21-,25-18-,31-29-. The van der Waals surface area contributed by atoms with E-state index in [9.17, 15) is 24.2 Å². The van der Waals surface area contributed by atoms with E-state index in [2.05, 4.69) is 116 Å². The van der Waals surface area contributed by atoms with Crippen LogP contribution >= 0.6 is 7.82 Å². The molecule has 0 amide bonds. The number of phosphoric acid groups is 1. The largest absolute Gasteiger partial charge is 0.472 e. The van der Waals surface area contributed by atoms with Crippen LogP contribution < -0.4 is 0 Å². The predicted octanol–water partition coefficient (Wildman–Crippen LogP) is 12.0. The fourth-order valence-corrected chi connectivity index (χ4v) is 6.18. The minimum Gasteiger partial charge on any atom is -0.462 e. The van der Waals surface area contributed by atoms with Gasteiger partial charge in [0.1, 0.15) is 12.7 Å². The summed E-state index contributed by atoms with van der Waals surface area (Å²) in [6.45, 7) is 2.08. The number of unbranched alkanes of at least 4 members (excludes halogenated alkanes) is 10. The molecule has 0 spiro atoms. The Morgan fingerprint density at radius 2 is 0.881 bits per heavy atom. The summed E-state index contributed by atoms with van der Waals surface area (Å²) in [5.74, 6) is -0.992. The van der Waals surface area contributed by atoms with E-state index in [1.54, 1.807) is 0 Å². The molecule has 3 unspecified atom stereocenters. The highest BCUT2D eigenvalue weighted by Gasteiger charge is 2.27. The van der Waals surface area contributed by atoms with Crippen molar-refractivity contribution >= 4 is 19.8 Å². The van der Waals surface area contributed by atoms with E-state index in [-0.39, 0.29) is 19.4 Å². The number of ether oxygens (including phenoxy) is 2. The third kappa shape index (κ3) is 42.8. The molecule has 10 nitrogen and oxygen atoms in total. The van der Waals surface area contributed by atoms with E-state index in [1.165, 1.54) is 19.3 Å². The smallest absolute Gasteiger partial charge is 0.462 e. The molecule has 3 atom stereocenters. The SMILES string of the molecule is CC/C=C\C/C=C\C/C=C\C/C=C\CCCCCCCCCCC(=O)OC(COC(=O)CCCC/C=C\C/C=C\C/C=C\C/C=C\CC)COP(=O)(O)OCC(O)CO. The van der Waals surface area contributed by atoms with Gasteiger partial charge in [-0.15, -0.1) is 0 Å². The third-order valence-corrected chi connectivity index (χ3v) is 9.68. The zero-order valence-corrected chi connectivity index (χ0v) is 37.3. The van der Waals surface area contributed by atoms with E-state index in [0.717, 1.165) is 96.3 Å². The highest BCUT2D eigenvalue weighted by atomic mass is 31.2. The Morgan fingerprint density at radius 1 is 0.508 bits per heavy atom. The molecule has 0 aromatic carbocycles. The lowest BCUT2D eigenvalue weighted by atomic mass is 10.1. The maximum absolute atomic E-state index is 12.6. The van der Waals surface area contributed by atoms with E-state index in [0.29, 0.717) is 12.8 Å². The Balaban J connectivity index is 4.35. The van der Waals surface area contributed by atoms with E-state index < -0.39 is 51.8 Å². The second-order valence-corrected chi connectivity index (χ2v) is 15.8.